The molecule has 1 N–H and O–H groups in total. The van der Waals surface area contributed by atoms with E-state index in [2.05, 4.69) is 6.92 Å². The highest BCUT2D eigenvalue weighted by Crippen LogP contribution is 2.27. The van der Waals surface area contributed by atoms with Crippen molar-refractivity contribution in [2.75, 3.05) is 13.6 Å². The second kappa shape index (κ2) is 5.89. The lowest BCUT2D eigenvalue weighted by Gasteiger charge is -2.31. The second-order valence-electron chi connectivity index (χ2n) is 4.78. The van der Waals surface area contributed by atoms with E-state index < -0.39 is 5.97 Å². The molecule has 0 saturated heterocycles. The summed E-state index contributed by atoms with van der Waals surface area (Å²) in [6.45, 7) is 3.88. The zero-order valence-corrected chi connectivity index (χ0v) is 10.8. The van der Waals surface area contributed by atoms with Crippen LogP contribution in [0.5, 0.6) is 0 Å². The van der Waals surface area contributed by atoms with Crippen LogP contribution in [-0.4, -0.2) is 52.6 Å². The van der Waals surface area contributed by atoms with Crippen LogP contribution in [0.3, 0.4) is 0 Å². The van der Waals surface area contributed by atoms with Gasteiger partial charge in [0, 0.05) is 19.1 Å². The fourth-order valence-corrected chi connectivity index (χ4v) is 1.89. The highest BCUT2D eigenvalue weighted by molar-refractivity contribution is 5.80. The zero-order valence-electron chi connectivity index (χ0n) is 10.8. The molecule has 1 rings (SSSR count). The van der Waals surface area contributed by atoms with Crippen LogP contribution >= 0.6 is 0 Å². The van der Waals surface area contributed by atoms with Gasteiger partial charge in [-0.2, -0.15) is 0 Å². The van der Waals surface area contributed by atoms with Gasteiger partial charge in [-0.15, -0.1) is 0 Å². The van der Waals surface area contributed by atoms with Gasteiger partial charge in [0.05, 0.1) is 0 Å². The van der Waals surface area contributed by atoms with Crippen molar-refractivity contribution >= 4 is 12.0 Å². The predicted molar refractivity (Wildman–Crippen MR) is 64.9 cm³/mol. The van der Waals surface area contributed by atoms with E-state index >= 15 is 0 Å². The van der Waals surface area contributed by atoms with Crippen molar-refractivity contribution in [3.63, 3.8) is 0 Å². The van der Waals surface area contributed by atoms with E-state index in [9.17, 15) is 9.59 Å². The topological polar surface area (TPSA) is 60.9 Å². The molecule has 1 aliphatic rings. The van der Waals surface area contributed by atoms with Crippen LogP contribution in [0.1, 0.15) is 39.5 Å². The van der Waals surface area contributed by atoms with Crippen molar-refractivity contribution < 1.29 is 14.7 Å². The lowest BCUT2D eigenvalue weighted by Crippen LogP contribution is -2.47. The van der Waals surface area contributed by atoms with E-state index in [-0.39, 0.29) is 24.7 Å². The fourth-order valence-electron chi connectivity index (χ4n) is 1.89. The molecule has 17 heavy (non-hydrogen) atoms. The van der Waals surface area contributed by atoms with Crippen LogP contribution < -0.4 is 0 Å². The number of carboxylic acid groups (broad SMARTS) is 1. The first kappa shape index (κ1) is 13.8. The number of rotatable bonds is 6. The normalized spacial score (nSPS) is 16.4. The molecule has 5 nitrogen and oxygen atoms in total. The van der Waals surface area contributed by atoms with Crippen LogP contribution in [0.15, 0.2) is 0 Å². The van der Waals surface area contributed by atoms with Crippen LogP contribution in [0, 0.1) is 0 Å². The Morgan fingerprint density at radius 3 is 2.41 bits per heavy atom. The summed E-state index contributed by atoms with van der Waals surface area (Å²) < 4.78 is 0. The van der Waals surface area contributed by atoms with Crippen LogP contribution in [-0.2, 0) is 4.79 Å². The molecule has 0 aliphatic heterocycles. The minimum absolute atomic E-state index is 0.134. The van der Waals surface area contributed by atoms with Crippen LogP contribution in [0.2, 0.25) is 0 Å². The number of carbonyl (C=O) groups excluding carboxylic acids is 1. The van der Waals surface area contributed by atoms with Crippen molar-refractivity contribution in [3.8, 4) is 0 Å². The maximum absolute atomic E-state index is 12.2. The van der Waals surface area contributed by atoms with Gasteiger partial charge in [0.2, 0.25) is 0 Å². The predicted octanol–water partition coefficient (Wildman–Crippen LogP) is 1.78. The van der Waals surface area contributed by atoms with Gasteiger partial charge in [0.25, 0.3) is 0 Å². The number of aliphatic carboxylic acids is 1. The van der Waals surface area contributed by atoms with Gasteiger partial charge in [-0.3, -0.25) is 4.79 Å². The lowest BCUT2D eigenvalue weighted by atomic mass is 10.2. The Kier molecular flexibility index (Phi) is 4.78. The Bertz CT molecular complexity index is 289. The van der Waals surface area contributed by atoms with E-state index in [1.54, 1.807) is 11.9 Å². The second-order valence-corrected chi connectivity index (χ2v) is 4.78. The van der Waals surface area contributed by atoms with Crippen molar-refractivity contribution in [2.45, 2.75) is 51.6 Å². The molecule has 0 bridgehead atoms. The zero-order chi connectivity index (χ0) is 13.0. The third-order valence-corrected chi connectivity index (χ3v) is 3.21. The van der Waals surface area contributed by atoms with E-state index in [0.29, 0.717) is 0 Å². The maximum Gasteiger partial charge on any atom is 0.323 e. The number of hydrogen-bond donors (Lipinski definition) is 1. The quantitative estimate of drug-likeness (QED) is 0.772. The third kappa shape index (κ3) is 3.91. The number of carboxylic acids is 1. The molecule has 1 fully saturated rings. The van der Waals surface area contributed by atoms with Gasteiger partial charge in [-0.25, -0.2) is 4.79 Å². The Morgan fingerprint density at radius 2 is 2.00 bits per heavy atom. The molecule has 1 saturated carbocycles. The first-order valence-corrected chi connectivity index (χ1v) is 6.22. The highest BCUT2D eigenvalue weighted by atomic mass is 16.4. The molecule has 0 spiro atoms. The minimum atomic E-state index is -0.943. The Balaban J connectivity index is 2.60. The Morgan fingerprint density at radius 1 is 1.41 bits per heavy atom. The van der Waals surface area contributed by atoms with Gasteiger partial charge in [0.1, 0.15) is 6.54 Å². The third-order valence-electron chi connectivity index (χ3n) is 3.21. The molecule has 0 radical (unpaired) electrons. The first-order chi connectivity index (χ1) is 7.97. The summed E-state index contributed by atoms with van der Waals surface area (Å²) >= 11 is 0. The van der Waals surface area contributed by atoms with E-state index in [4.69, 9.17) is 5.11 Å². The number of amides is 2. The summed E-state index contributed by atoms with van der Waals surface area (Å²) in [5.41, 5.74) is 0. The van der Waals surface area contributed by atoms with E-state index in [1.165, 1.54) is 4.90 Å². The molecule has 0 aromatic rings. The largest absolute Gasteiger partial charge is 0.480 e. The van der Waals surface area contributed by atoms with Gasteiger partial charge >= 0.3 is 12.0 Å². The van der Waals surface area contributed by atoms with Gasteiger partial charge < -0.3 is 14.9 Å². The molecular formula is C12H22N2O3. The number of urea groups is 1. The monoisotopic (exact) mass is 242 g/mol. The van der Waals surface area contributed by atoms with Crippen molar-refractivity contribution in [1.82, 2.24) is 9.80 Å². The first-order valence-electron chi connectivity index (χ1n) is 6.22. The molecule has 0 aromatic carbocycles. The molecule has 1 aliphatic carbocycles. The van der Waals surface area contributed by atoms with Crippen LogP contribution in [0.4, 0.5) is 4.79 Å². The molecule has 2 amide bonds. The fraction of sp³-hybridized carbons (Fsp3) is 0.833. The van der Waals surface area contributed by atoms with Crippen molar-refractivity contribution in [1.29, 1.82) is 0 Å². The number of nitrogens with zero attached hydrogens (tertiary/aromatic N) is 2. The minimum Gasteiger partial charge on any atom is -0.480 e. The Hall–Kier alpha value is -1.26. The van der Waals surface area contributed by atoms with E-state index in [1.807, 2.05) is 6.92 Å². The average molecular weight is 242 g/mol. The summed E-state index contributed by atoms with van der Waals surface area (Å²) in [7, 11) is 1.75. The molecule has 0 aromatic heterocycles. The molecule has 5 heteroatoms. The molecular weight excluding hydrogens is 220 g/mol. The Labute approximate surface area is 102 Å². The molecule has 1 atom stereocenters. The van der Waals surface area contributed by atoms with Gasteiger partial charge in [-0.05, 0) is 26.2 Å². The standard InChI is InChI=1S/C12H22N2O3/c1-4-5-9(2)13(3)12(17)14(8-11(15)16)10-6-7-10/h9-10H,4-8H2,1-3H3,(H,15,16). The molecule has 98 valence electrons. The average Bonchev–Trinajstić information content (AvgIpc) is 3.07. The maximum atomic E-state index is 12.2. The molecule has 0 heterocycles. The van der Waals surface area contributed by atoms with Crippen molar-refractivity contribution in [3.05, 3.63) is 0 Å². The van der Waals surface area contributed by atoms with Gasteiger partial charge in [-0.1, -0.05) is 13.3 Å². The summed E-state index contributed by atoms with van der Waals surface area (Å²) in [4.78, 5) is 26.1. The highest BCUT2D eigenvalue weighted by Gasteiger charge is 2.36. The number of hydrogen-bond acceptors (Lipinski definition) is 2. The van der Waals surface area contributed by atoms with Crippen LogP contribution in [0.25, 0.3) is 0 Å². The molecule has 1 unspecified atom stereocenters. The van der Waals surface area contributed by atoms with Crippen molar-refractivity contribution in [2.24, 2.45) is 0 Å². The number of carbonyl (C=O) groups is 2. The lowest BCUT2D eigenvalue weighted by molar-refractivity contribution is -0.137. The smallest absolute Gasteiger partial charge is 0.323 e. The summed E-state index contributed by atoms with van der Waals surface area (Å²) in [5, 5.41) is 8.82. The summed E-state index contributed by atoms with van der Waals surface area (Å²) in [6.07, 6.45) is 3.80. The van der Waals surface area contributed by atoms with Gasteiger partial charge in [0.15, 0.2) is 0 Å². The SMILES string of the molecule is CCCC(C)N(C)C(=O)N(CC(=O)O)C1CC1. The summed E-state index contributed by atoms with van der Waals surface area (Å²) in [6, 6.07) is 0.133. The summed E-state index contributed by atoms with van der Waals surface area (Å²) in [5.74, 6) is -0.943. The van der Waals surface area contributed by atoms with E-state index in [0.717, 1.165) is 25.7 Å².